The number of nitrogens with zero attached hydrogens (tertiary/aromatic N) is 1. The number of carbonyl (C=O) groups excluding carboxylic acids is 1. The number of aliphatic hydroxyl groups is 1. The summed E-state index contributed by atoms with van der Waals surface area (Å²) in [5, 5.41) is 8.72. The van der Waals surface area contributed by atoms with E-state index in [2.05, 4.69) is 6.58 Å². The van der Waals surface area contributed by atoms with Crippen LogP contribution in [-0.2, 0) is 4.79 Å². The van der Waals surface area contributed by atoms with Crippen molar-refractivity contribution in [3.05, 3.63) is 12.7 Å². The number of hydrogen-bond acceptors (Lipinski definition) is 3. The normalized spacial score (nSPS) is 12.8. The second kappa shape index (κ2) is 6.62. The first-order valence-corrected chi connectivity index (χ1v) is 4.35. The van der Waals surface area contributed by atoms with Crippen molar-refractivity contribution in [3.8, 4) is 0 Å². The van der Waals surface area contributed by atoms with Gasteiger partial charge in [-0.05, 0) is 0 Å². The number of primary amides is 1. The molecular formula is C9H18N2O2. The van der Waals surface area contributed by atoms with Crippen LogP contribution in [0, 0.1) is 5.92 Å². The maximum atomic E-state index is 10.8. The standard InChI is InChI=1S/C9H18N2O2/c1-3-4-11(5-6-12)7-8(2)9(10)13/h3,8,12H,1,4-7H2,2H3,(H2,10,13). The highest BCUT2D eigenvalue weighted by Gasteiger charge is 2.12. The van der Waals surface area contributed by atoms with Gasteiger partial charge < -0.3 is 10.8 Å². The van der Waals surface area contributed by atoms with Crippen molar-refractivity contribution in [1.29, 1.82) is 0 Å². The molecule has 0 fully saturated rings. The van der Waals surface area contributed by atoms with Crippen molar-refractivity contribution >= 4 is 5.91 Å². The van der Waals surface area contributed by atoms with E-state index in [0.29, 0.717) is 19.6 Å². The Kier molecular flexibility index (Phi) is 6.18. The maximum absolute atomic E-state index is 10.8. The van der Waals surface area contributed by atoms with E-state index in [9.17, 15) is 4.79 Å². The average Bonchev–Trinajstić information content (AvgIpc) is 2.05. The molecule has 0 spiro atoms. The molecule has 4 heteroatoms. The summed E-state index contributed by atoms with van der Waals surface area (Å²) in [4.78, 5) is 12.7. The fourth-order valence-corrected chi connectivity index (χ4v) is 1.06. The second-order valence-electron chi connectivity index (χ2n) is 3.08. The molecule has 1 unspecified atom stereocenters. The fourth-order valence-electron chi connectivity index (χ4n) is 1.06. The Morgan fingerprint density at radius 1 is 1.77 bits per heavy atom. The molecule has 0 radical (unpaired) electrons. The Bertz CT molecular complexity index is 171. The number of carbonyl (C=O) groups is 1. The molecule has 76 valence electrons. The van der Waals surface area contributed by atoms with Gasteiger partial charge in [0.25, 0.3) is 0 Å². The van der Waals surface area contributed by atoms with Gasteiger partial charge in [0.05, 0.1) is 6.61 Å². The summed E-state index contributed by atoms with van der Waals surface area (Å²) in [6, 6.07) is 0. The van der Waals surface area contributed by atoms with Crippen LogP contribution in [0.2, 0.25) is 0 Å². The Morgan fingerprint density at radius 2 is 2.38 bits per heavy atom. The molecule has 0 aromatic carbocycles. The fraction of sp³-hybridized carbons (Fsp3) is 0.667. The minimum absolute atomic E-state index is 0.0827. The van der Waals surface area contributed by atoms with Crippen molar-refractivity contribution < 1.29 is 9.90 Å². The van der Waals surface area contributed by atoms with E-state index in [-0.39, 0.29) is 18.4 Å². The minimum Gasteiger partial charge on any atom is -0.395 e. The highest BCUT2D eigenvalue weighted by atomic mass is 16.3. The first-order chi connectivity index (χ1) is 6.11. The van der Waals surface area contributed by atoms with Crippen molar-refractivity contribution in [2.75, 3.05) is 26.2 Å². The maximum Gasteiger partial charge on any atom is 0.221 e. The SMILES string of the molecule is C=CCN(CCO)CC(C)C(N)=O. The van der Waals surface area contributed by atoms with Crippen LogP contribution in [0.15, 0.2) is 12.7 Å². The Labute approximate surface area is 79.0 Å². The number of nitrogens with two attached hydrogens (primary N) is 1. The van der Waals surface area contributed by atoms with Gasteiger partial charge in [0, 0.05) is 25.6 Å². The molecule has 0 saturated heterocycles. The van der Waals surface area contributed by atoms with Gasteiger partial charge in [-0.15, -0.1) is 6.58 Å². The molecule has 0 rings (SSSR count). The van der Waals surface area contributed by atoms with Gasteiger partial charge in [0.2, 0.25) is 5.91 Å². The Morgan fingerprint density at radius 3 is 2.77 bits per heavy atom. The van der Waals surface area contributed by atoms with Crippen molar-refractivity contribution in [1.82, 2.24) is 4.90 Å². The van der Waals surface area contributed by atoms with Crippen LogP contribution in [-0.4, -0.2) is 42.2 Å². The zero-order valence-electron chi connectivity index (χ0n) is 8.07. The van der Waals surface area contributed by atoms with Gasteiger partial charge in [-0.25, -0.2) is 0 Å². The minimum atomic E-state index is -0.313. The molecule has 0 aromatic heterocycles. The van der Waals surface area contributed by atoms with Gasteiger partial charge in [0.1, 0.15) is 0 Å². The Hall–Kier alpha value is -0.870. The molecule has 0 bridgehead atoms. The van der Waals surface area contributed by atoms with E-state index in [1.54, 1.807) is 13.0 Å². The van der Waals surface area contributed by atoms with Crippen LogP contribution >= 0.6 is 0 Å². The summed E-state index contributed by atoms with van der Waals surface area (Å²) in [5.41, 5.74) is 5.12. The lowest BCUT2D eigenvalue weighted by atomic mass is 10.1. The molecule has 0 aromatic rings. The summed E-state index contributed by atoms with van der Waals surface area (Å²) < 4.78 is 0. The number of aliphatic hydroxyl groups excluding tert-OH is 1. The molecule has 1 atom stereocenters. The van der Waals surface area contributed by atoms with E-state index in [0.717, 1.165) is 0 Å². The van der Waals surface area contributed by atoms with E-state index in [1.165, 1.54) is 0 Å². The summed E-state index contributed by atoms with van der Waals surface area (Å²) in [5.74, 6) is -0.501. The number of hydrogen-bond donors (Lipinski definition) is 2. The van der Waals surface area contributed by atoms with Crippen LogP contribution < -0.4 is 5.73 Å². The van der Waals surface area contributed by atoms with E-state index in [4.69, 9.17) is 10.8 Å². The largest absolute Gasteiger partial charge is 0.395 e. The lowest BCUT2D eigenvalue weighted by molar-refractivity contribution is -0.121. The molecule has 3 N–H and O–H groups in total. The monoisotopic (exact) mass is 186 g/mol. The van der Waals surface area contributed by atoms with Crippen LogP contribution in [0.5, 0.6) is 0 Å². The molecule has 4 nitrogen and oxygen atoms in total. The van der Waals surface area contributed by atoms with Gasteiger partial charge in [-0.2, -0.15) is 0 Å². The van der Waals surface area contributed by atoms with Crippen LogP contribution in [0.25, 0.3) is 0 Å². The summed E-state index contributed by atoms with van der Waals surface area (Å²) >= 11 is 0. The van der Waals surface area contributed by atoms with E-state index >= 15 is 0 Å². The third-order valence-electron chi connectivity index (χ3n) is 1.82. The lowest BCUT2D eigenvalue weighted by Gasteiger charge is -2.21. The third-order valence-corrected chi connectivity index (χ3v) is 1.82. The quantitative estimate of drug-likeness (QED) is 0.531. The van der Waals surface area contributed by atoms with Crippen molar-refractivity contribution in [2.24, 2.45) is 11.7 Å². The topological polar surface area (TPSA) is 66.6 Å². The zero-order chi connectivity index (χ0) is 10.3. The van der Waals surface area contributed by atoms with Crippen molar-refractivity contribution in [2.45, 2.75) is 6.92 Å². The average molecular weight is 186 g/mol. The predicted octanol–water partition coefficient (Wildman–Crippen LogP) is -0.412. The summed E-state index contributed by atoms with van der Waals surface area (Å²) in [7, 11) is 0. The predicted molar refractivity (Wildman–Crippen MR) is 52.1 cm³/mol. The third kappa shape index (κ3) is 5.38. The molecule has 0 aliphatic carbocycles. The lowest BCUT2D eigenvalue weighted by Crippen LogP contribution is -2.36. The molecular weight excluding hydrogens is 168 g/mol. The van der Waals surface area contributed by atoms with E-state index in [1.807, 2.05) is 4.90 Å². The zero-order valence-corrected chi connectivity index (χ0v) is 8.07. The molecule has 0 aliphatic heterocycles. The van der Waals surface area contributed by atoms with Crippen LogP contribution in [0.1, 0.15) is 6.92 Å². The first kappa shape index (κ1) is 12.1. The highest BCUT2D eigenvalue weighted by molar-refractivity contribution is 5.76. The van der Waals surface area contributed by atoms with Crippen LogP contribution in [0.3, 0.4) is 0 Å². The first-order valence-electron chi connectivity index (χ1n) is 4.35. The smallest absolute Gasteiger partial charge is 0.221 e. The molecule has 0 saturated carbocycles. The Balaban J connectivity index is 3.92. The number of rotatable bonds is 7. The molecule has 13 heavy (non-hydrogen) atoms. The number of amides is 1. The van der Waals surface area contributed by atoms with Gasteiger partial charge in [-0.3, -0.25) is 9.69 Å². The molecule has 1 amide bonds. The highest BCUT2D eigenvalue weighted by Crippen LogP contribution is 1.98. The summed E-state index contributed by atoms with van der Waals surface area (Å²) in [6.45, 7) is 7.23. The van der Waals surface area contributed by atoms with Gasteiger partial charge in [0.15, 0.2) is 0 Å². The van der Waals surface area contributed by atoms with Crippen molar-refractivity contribution in [3.63, 3.8) is 0 Å². The molecule has 0 heterocycles. The summed E-state index contributed by atoms with van der Waals surface area (Å²) in [6.07, 6.45) is 1.74. The second-order valence-corrected chi connectivity index (χ2v) is 3.08. The molecule has 0 aliphatic rings. The van der Waals surface area contributed by atoms with Gasteiger partial charge in [-0.1, -0.05) is 13.0 Å². The van der Waals surface area contributed by atoms with Crippen LogP contribution in [0.4, 0.5) is 0 Å². The van der Waals surface area contributed by atoms with E-state index < -0.39 is 0 Å². The van der Waals surface area contributed by atoms with Gasteiger partial charge >= 0.3 is 0 Å².